The van der Waals surface area contributed by atoms with Gasteiger partial charge in [0.1, 0.15) is 29.5 Å². The van der Waals surface area contributed by atoms with Gasteiger partial charge in [-0.25, -0.2) is 8.78 Å². The van der Waals surface area contributed by atoms with Crippen LogP contribution in [0.4, 0.5) is 8.78 Å². The summed E-state index contributed by atoms with van der Waals surface area (Å²) in [5.41, 5.74) is 0.492. The molecule has 3 N–H and O–H groups in total. The average Bonchev–Trinajstić information content (AvgIpc) is 3.24. The second-order valence-corrected chi connectivity index (χ2v) is 8.95. The lowest BCUT2D eigenvalue weighted by Crippen LogP contribution is -2.56. The molecule has 0 aliphatic carbocycles. The highest BCUT2D eigenvalue weighted by atomic mass is 19.1. The normalized spacial score (nSPS) is 25.1. The molecule has 0 bridgehead atoms. The van der Waals surface area contributed by atoms with Gasteiger partial charge in [0.15, 0.2) is 12.0 Å². The number of piperazine rings is 1. The summed E-state index contributed by atoms with van der Waals surface area (Å²) in [6.07, 6.45) is -1.70. The van der Waals surface area contributed by atoms with Gasteiger partial charge >= 0.3 is 0 Å². The lowest BCUT2D eigenvalue weighted by atomic mass is 9.98. The van der Waals surface area contributed by atoms with Crippen molar-refractivity contribution in [1.82, 2.24) is 15.1 Å². The molecule has 5 rings (SSSR count). The minimum atomic E-state index is -1.78. The van der Waals surface area contributed by atoms with Crippen LogP contribution in [0, 0.1) is 11.6 Å². The molecule has 2 aromatic rings. The standard InChI is InChI=1S/C26H25F2N3O6/c1-36-13-19-24(14-5-3-2-4-6-14)37-20-12-30-11-17(22(32)23(33)21(30)26(35)31(19)20)25(34)29-10-15-7-8-16(27)9-18(15)28/h2-9,11,19-20,22,24,32-33H,10,12-13H2,1H3,(H,29,34)/t19-,20?,22?,24-/m0/s1. The molecule has 2 aromatic carbocycles. The monoisotopic (exact) mass is 513 g/mol. The van der Waals surface area contributed by atoms with Gasteiger partial charge in [-0.05, 0) is 11.6 Å². The number of aliphatic hydroxyl groups is 2. The zero-order valence-corrected chi connectivity index (χ0v) is 19.8. The Balaban J connectivity index is 1.39. The van der Waals surface area contributed by atoms with Crippen LogP contribution in [0.15, 0.2) is 71.8 Å². The average molecular weight is 513 g/mol. The molecule has 2 amide bonds. The van der Waals surface area contributed by atoms with E-state index in [0.717, 1.165) is 11.6 Å². The maximum Gasteiger partial charge on any atom is 0.276 e. The Kier molecular flexibility index (Phi) is 6.67. The molecule has 3 heterocycles. The summed E-state index contributed by atoms with van der Waals surface area (Å²) in [5.74, 6) is -3.62. The van der Waals surface area contributed by atoms with Crippen LogP contribution in [0.2, 0.25) is 0 Å². The van der Waals surface area contributed by atoms with Crippen molar-refractivity contribution in [3.63, 3.8) is 0 Å². The van der Waals surface area contributed by atoms with Gasteiger partial charge in [0.2, 0.25) is 0 Å². The van der Waals surface area contributed by atoms with Crippen molar-refractivity contribution in [2.75, 3.05) is 20.3 Å². The van der Waals surface area contributed by atoms with Crippen LogP contribution in [-0.4, -0.2) is 70.5 Å². The van der Waals surface area contributed by atoms with E-state index in [1.54, 1.807) is 0 Å². The molecule has 0 saturated carbocycles. The lowest BCUT2D eigenvalue weighted by molar-refractivity contribution is -0.142. The summed E-state index contributed by atoms with van der Waals surface area (Å²) in [5, 5.41) is 23.9. The number of benzene rings is 2. The number of rotatable bonds is 6. The fourth-order valence-electron chi connectivity index (χ4n) is 4.90. The topological polar surface area (TPSA) is 112 Å². The first-order valence-corrected chi connectivity index (χ1v) is 11.6. The number of carbonyl (C=O) groups is 2. The molecule has 4 atom stereocenters. The first kappa shape index (κ1) is 24.9. The van der Waals surface area contributed by atoms with Crippen LogP contribution in [0.3, 0.4) is 0 Å². The van der Waals surface area contributed by atoms with Gasteiger partial charge in [-0.15, -0.1) is 0 Å². The Hall–Kier alpha value is -3.80. The molecule has 3 aliphatic heterocycles. The first-order valence-electron chi connectivity index (χ1n) is 11.6. The van der Waals surface area contributed by atoms with Crippen molar-refractivity contribution < 1.29 is 38.1 Å². The third-order valence-electron chi connectivity index (χ3n) is 6.67. The number of hydrogen-bond donors (Lipinski definition) is 3. The summed E-state index contributed by atoms with van der Waals surface area (Å²) in [6, 6.07) is 11.8. The number of nitrogens with zero attached hydrogens (tertiary/aromatic N) is 2. The number of ether oxygens (including phenoxy) is 2. The van der Waals surface area contributed by atoms with Crippen molar-refractivity contribution in [2.24, 2.45) is 0 Å². The molecule has 2 saturated heterocycles. The van der Waals surface area contributed by atoms with Crippen LogP contribution in [-0.2, 0) is 25.6 Å². The Morgan fingerprint density at radius 3 is 2.68 bits per heavy atom. The maximum absolute atomic E-state index is 13.9. The fourth-order valence-corrected chi connectivity index (χ4v) is 4.90. The van der Waals surface area contributed by atoms with E-state index in [-0.39, 0.29) is 36.5 Å². The SMILES string of the molecule is COC[C@H]1[C@H](c2ccccc2)OC2CN3C=C(C(=O)NCc4ccc(F)cc4F)C(O)C(O)=C3C(=O)N21. The second kappa shape index (κ2) is 9.92. The molecule has 0 aromatic heterocycles. The first-order chi connectivity index (χ1) is 17.8. The largest absolute Gasteiger partial charge is 0.507 e. The van der Waals surface area contributed by atoms with Crippen molar-refractivity contribution in [3.8, 4) is 0 Å². The van der Waals surface area contributed by atoms with Crippen LogP contribution in [0.5, 0.6) is 0 Å². The molecule has 2 fully saturated rings. The summed E-state index contributed by atoms with van der Waals surface area (Å²) in [4.78, 5) is 29.2. The van der Waals surface area contributed by atoms with Gasteiger partial charge < -0.3 is 34.8 Å². The molecule has 194 valence electrons. The van der Waals surface area contributed by atoms with Gasteiger partial charge in [0.05, 0.1) is 24.8 Å². The molecule has 37 heavy (non-hydrogen) atoms. The third-order valence-corrected chi connectivity index (χ3v) is 6.67. The quantitative estimate of drug-likeness (QED) is 0.541. The molecule has 3 aliphatic rings. The Labute approximate surface area is 211 Å². The molecule has 0 spiro atoms. The number of carbonyl (C=O) groups excluding carboxylic acids is 2. The predicted molar refractivity (Wildman–Crippen MR) is 125 cm³/mol. The van der Waals surface area contributed by atoms with Crippen LogP contribution in [0.25, 0.3) is 0 Å². The van der Waals surface area contributed by atoms with Gasteiger partial charge in [-0.1, -0.05) is 36.4 Å². The highest BCUT2D eigenvalue weighted by Gasteiger charge is 2.52. The fraction of sp³-hybridized carbons (Fsp3) is 0.308. The Morgan fingerprint density at radius 2 is 1.97 bits per heavy atom. The number of hydrogen-bond acceptors (Lipinski definition) is 7. The van der Waals surface area contributed by atoms with Crippen LogP contribution < -0.4 is 5.32 Å². The number of amides is 2. The van der Waals surface area contributed by atoms with Crippen molar-refractivity contribution in [3.05, 3.63) is 94.5 Å². The highest BCUT2D eigenvalue weighted by molar-refractivity contribution is 5.99. The van der Waals surface area contributed by atoms with E-state index in [1.165, 1.54) is 29.2 Å². The number of halogens is 2. The van der Waals surface area contributed by atoms with Crippen molar-refractivity contribution >= 4 is 11.8 Å². The summed E-state index contributed by atoms with van der Waals surface area (Å²) in [7, 11) is 1.52. The molecular weight excluding hydrogens is 488 g/mol. The Morgan fingerprint density at radius 1 is 1.22 bits per heavy atom. The van der Waals surface area contributed by atoms with E-state index in [2.05, 4.69) is 5.32 Å². The van der Waals surface area contributed by atoms with Gasteiger partial charge in [0.25, 0.3) is 11.8 Å². The summed E-state index contributed by atoms with van der Waals surface area (Å²) < 4.78 is 38.7. The smallest absolute Gasteiger partial charge is 0.276 e. The van der Waals surface area contributed by atoms with Crippen molar-refractivity contribution in [2.45, 2.75) is 31.0 Å². The third kappa shape index (κ3) is 4.45. The van der Waals surface area contributed by atoms with E-state index < -0.39 is 53.7 Å². The van der Waals surface area contributed by atoms with Gasteiger partial charge in [-0.3, -0.25) is 9.59 Å². The number of nitrogens with one attached hydrogen (secondary N) is 1. The second-order valence-electron chi connectivity index (χ2n) is 8.95. The predicted octanol–water partition coefficient (Wildman–Crippen LogP) is 1.87. The van der Waals surface area contributed by atoms with E-state index in [4.69, 9.17) is 9.47 Å². The molecule has 2 unspecified atom stereocenters. The number of aliphatic hydroxyl groups excluding tert-OH is 2. The minimum Gasteiger partial charge on any atom is -0.507 e. The molecular formula is C26H25F2N3O6. The van der Waals surface area contributed by atoms with E-state index in [9.17, 15) is 28.6 Å². The van der Waals surface area contributed by atoms with E-state index >= 15 is 0 Å². The van der Waals surface area contributed by atoms with Crippen LogP contribution in [0.1, 0.15) is 17.2 Å². The summed E-state index contributed by atoms with van der Waals surface area (Å²) in [6.45, 7) is -0.00511. The number of fused-ring (bicyclic) bond motifs is 2. The van der Waals surface area contributed by atoms with Gasteiger partial charge in [0, 0.05) is 31.5 Å². The molecule has 11 heteroatoms. The van der Waals surface area contributed by atoms with E-state index in [1.807, 2.05) is 30.3 Å². The maximum atomic E-state index is 13.9. The zero-order chi connectivity index (χ0) is 26.3. The Bertz CT molecular complexity index is 1280. The summed E-state index contributed by atoms with van der Waals surface area (Å²) >= 11 is 0. The highest BCUT2D eigenvalue weighted by Crippen LogP contribution is 2.41. The van der Waals surface area contributed by atoms with Gasteiger partial charge in [-0.2, -0.15) is 0 Å². The molecule has 0 radical (unpaired) electrons. The number of methoxy groups -OCH3 is 1. The lowest BCUT2D eigenvalue weighted by Gasteiger charge is -2.41. The molecule has 9 nitrogen and oxygen atoms in total. The van der Waals surface area contributed by atoms with Crippen molar-refractivity contribution in [1.29, 1.82) is 0 Å². The van der Waals surface area contributed by atoms with E-state index in [0.29, 0.717) is 6.07 Å². The zero-order valence-electron chi connectivity index (χ0n) is 19.8. The van der Waals surface area contributed by atoms with Crippen LogP contribution >= 0.6 is 0 Å². The minimum absolute atomic E-state index is 0.0420.